The number of non-ortho nitro benzene ring substituents is 1. The van der Waals surface area contributed by atoms with Crippen molar-refractivity contribution in [1.29, 1.82) is 0 Å². The highest BCUT2D eigenvalue weighted by Crippen LogP contribution is 2.43. The Hall–Kier alpha value is -5.55. The summed E-state index contributed by atoms with van der Waals surface area (Å²) < 4.78 is 11.9. The largest absolute Gasteiger partial charge is 0.484 e. The van der Waals surface area contributed by atoms with Gasteiger partial charge in [-0.3, -0.25) is 19.9 Å². The molecule has 6 rings (SSSR count). The average Bonchev–Trinajstić information content (AvgIpc) is 3.66. The third kappa shape index (κ3) is 6.07. The summed E-state index contributed by atoms with van der Waals surface area (Å²) in [7, 11) is 0. The van der Waals surface area contributed by atoms with E-state index in [0.29, 0.717) is 33.6 Å². The number of rotatable bonds is 9. The number of nitro benzene ring substituents is 1. The molecule has 3 aromatic carbocycles. The molecule has 0 saturated carbocycles. The fourth-order valence-corrected chi connectivity index (χ4v) is 5.25. The molecule has 1 fully saturated rings. The first-order chi connectivity index (χ1) is 21.0. The van der Waals surface area contributed by atoms with Gasteiger partial charge in [0.2, 0.25) is 0 Å². The van der Waals surface area contributed by atoms with Gasteiger partial charge in [0.15, 0.2) is 11.7 Å². The van der Waals surface area contributed by atoms with E-state index < -0.39 is 11.0 Å². The van der Waals surface area contributed by atoms with Crippen LogP contribution in [0.1, 0.15) is 23.5 Å². The maximum atomic E-state index is 12.5. The van der Waals surface area contributed by atoms with Crippen molar-refractivity contribution in [3.63, 3.8) is 0 Å². The number of amides is 1. The van der Waals surface area contributed by atoms with Crippen LogP contribution in [0.5, 0.6) is 5.75 Å². The van der Waals surface area contributed by atoms with Crippen molar-refractivity contribution in [2.45, 2.75) is 12.1 Å². The van der Waals surface area contributed by atoms with Crippen molar-refractivity contribution in [2.24, 2.45) is 0 Å². The molecule has 0 radical (unpaired) electrons. The zero-order valence-electron chi connectivity index (χ0n) is 22.6. The number of aromatic nitrogens is 1. The number of benzene rings is 3. The van der Waals surface area contributed by atoms with E-state index in [1.165, 1.54) is 12.1 Å². The van der Waals surface area contributed by atoms with Crippen LogP contribution in [0.2, 0.25) is 0 Å². The molecule has 3 heterocycles. The summed E-state index contributed by atoms with van der Waals surface area (Å²) >= 11 is 5.79. The first-order valence-electron chi connectivity index (χ1n) is 13.4. The number of carbonyl (C=O) groups is 1. The maximum Gasteiger partial charge on any atom is 0.269 e. The highest BCUT2D eigenvalue weighted by Gasteiger charge is 2.42. The maximum absolute atomic E-state index is 12.5. The van der Waals surface area contributed by atoms with E-state index in [-0.39, 0.29) is 24.2 Å². The third-order valence-electron chi connectivity index (χ3n) is 6.92. The molecule has 2 aromatic heterocycles. The molecule has 5 aromatic rings. The fourth-order valence-electron chi connectivity index (χ4n) is 4.90. The zero-order chi connectivity index (χ0) is 29.8. The number of thiocarbonyl (C=S) groups is 1. The van der Waals surface area contributed by atoms with Gasteiger partial charge in [0, 0.05) is 35.3 Å². The molecule has 1 aliphatic heterocycles. The first-order valence-corrected chi connectivity index (χ1v) is 13.8. The van der Waals surface area contributed by atoms with E-state index in [9.17, 15) is 14.9 Å². The summed E-state index contributed by atoms with van der Waals surface area (Å²) in [6, 6.07) is 31.4. The lowest BCUT2D eigenvalue weighted by Crippen LogP contribution is -2.29. The Balaban J connectivity index is 1.25. The minimum absolute atomic E-state index is 0.00520. The molecule has 1 saturated heterocycles. The molecular weight excluding hydrogens is 566 g/mol. The minimum Gasteiger partial charge on any atom is -0.484 e. The standard InChI is InChI=1S/C32H25N5O5S/c38-29(20-41-25-6-2-1-3-7-25)34-22-11-15-23(16-12-22)36-31(30(35-32(36)43)26-8-4-5-19-33-26)28-18-17-27(42-28)21-9-13-24(14-10-21)37(39)40/h1-19,30-31H,20H2,(H,34,38)(H,35,43). The summed E-state index contributed by atoms with van der Waals surface area (Å²) in [6.07, 6.45) is 1.73. The van der Waals surface area contributed by atoms with E-state index in [0.717, 1.165) is 11.4 Å². The van der Waals surface area contributed by atoms with Crippen molar-refractivity contribution in [2.75, 3.05) is 16.8 Å². The van der Waals surface area contributed by atoms with Gasteiger partial charge in [-0.1, -0.05) is 24.3 Å². The molecule has 0 spiro atoms. The number of nitro groups is 1. The summed E-state index contributed by atoms with van der Waals surface area (Å²) in [5.41, 5.74) is 2.90. The van der Waals surface area contributed by atoms with Gasteiger partial charge in [0.1, 0.15) is 23.3 Å². The zero-order valence-corrected chi connectivity index (χ0v) is 23.4. The number of pyridine rings is 1. The van der Waals surface area contributed by atoms with Crippen molar-refractivity contribution >= 4 is 40.3 Å². The van der Waals surface area contributed by atoms with Crippen LogP contribution in [0.25, 0.3) is 11.3 Å². The van der Waals surface area contributed by atoms with Gasteiger partial charge in [-0.2, -0.15) is 0 Å². The smallest absolute Gasteiger partial charge is 0.269 e. The highest BCUT2D eigenvalue weighted by molar-refractivity contribution is 7.80. The number of nitrogens with zero attached hydrogens (tertiary/aromatic N) is 3. The molecule has 2 unspecified atom stereocenters. The predicted octanol–water partition coefficient (Wildman–Crippen LogP) is 6.44. The summed E-state index contributed by atoms with van der Waals surface area (Å²) in [5, 5.41) is 17.8. The number of hydrogen-bond donors (Lipinski definition) is 2. The van der Waals surface area contributed by atoms with Gasteiger partial charge in [0.05, 0.1) is 16.7 Å². The molecular formula is C32H25N5O5S. The second-order valence-corrected chi connectivity index (χ2v) is 10.1. The van der Waals surface area contributed by atoms with Gasteiger partial charge in [-0.05, 0) is 85.0 Å². The van der Waals surface area contributed by atoms with E-state index >= 15 is 0 Å². The Bertz CT molecular complexity index is 1740. The molecule has 43 heavy (non-hydrogen) atoms. The lowest BCUT2D eigenvalue weighted by Gasteiger charge is -2.26. The quantitative estimate of drug-likeness (QED) is 0.113. The lowest BCUT2D eigenvalue weighted by atomic mass is 10.0. The number of carbonyl (C=O) groups excluding carboxylic acids is 1. The average molecular weight is 592 g/mol. The Morgan fingerprint density at radius 3 is 2.42 bits per heavy atom. The van der Waals surface area contributed by atoms with Crippen molar-refractivity contribution in [1.82, 2.24) is 10.3 Å². The van der Waals surface area contributed by atoms with Gasteiger partial charge in [0.25, 0.3) is 11.6 Å². The monoisotopic (exact) mass is 591 g/mol. The second kappa shape index (κ2) is 12.1. The Morgan fingerprint density at radius 1 is 0.977 bits per heavy atom. The SMILES string of the molecule is O=C(COc1ccccc1)Nc1ccc(N2C(=S)NC(c3ccccn3)C2c2ccc(-c3ccc([N+](=O)[O-])cc3)o2)cc1. The van der Waals surface area contributed by atoms with Gasteiger partial charge < -0.3 is 24.7 Å². The van der Waals surface area contributed by atoms with Crippen LogP contribution >= 0.6 is 12.2 Å². The topological polar surface area (TPSA) is 123 Å². The van der Waals surface area contributed by atoms with Gasteiger partial charge in [-0.25, -0.2) is 0 Å². The number of furan rings is 1. The van der Waals surface area contributed by atoms with Crippen LogP contribution in [0.15, 0.2) is 120 Å². The van der Waals surface area contributed by atoms with Gasteiger partial charge in [-0.15, -0.1) is 0 Å². The molecule has 214 valence electrons. The fraction of sp³-hybridized carbons (Fsp3) is 0.0938. The number of nitrogens with one attached hydrogen (secondary N) is 2. The lowest BCUT2D eigenvalue weighted by molar-refractivity contribution is -0.384. The first kappa shape index (κ1) is 27.6. The van der Waals surface area contributed by atoms with E-state index in [1.807, 2.05) is 65.6 Å². The molecule has 1 amide bonds. The van der Waals surface area contributed by atoms with E-state index in [1.54, 1.807) is 42.6 Å². The van der Waals surface area contributed by atoms with Crippen LogP contribution in [0.4, 0.5) is 17.1 Å². The normalized spacial score (nSPS) is 16.0. The van der Waals surface area contributed by atoms with Crippen molar-refractivity contribution in [3.05, 3.63) is 137 Å². The van der Waals surface area contributed by atoms with Crippen molar-refractivity contribution in [3.8, 4) is 17.1 Å². The number of ether oxygens (including phenoxy) is 1. The summed E-state index contributed by atoms with van der Waals surface area (Å²) in [4.78, 5) is 29.6. The van der Waals surface area contributed by atoms with Crippen LogP contribution < -0.4 is 20.3 Å². The molecule has 1 aliphatic rings. The summed E-state index contributed by atoms with van der Waals surface area (Å²) in [6.45, 7) is -0.116. The molecule has 2 atom stereocenters. The van der Waals surface area contributed by atoms with E-state index in [4.69, 9.17) is 21.4 Å². The minimum atomic E-state index is -0.437. The number of para-hydroxylation sites is 1. The highest BCUT2D eigenvalue weighted by atomic mass is 32.1. The Labute approximate surface area is 252 Å². The number of anilines is 2. The van der Waals surface area contributed by atoms with Gasteiger partial charge >= 0.3 is 0 Å². The summed E-state index contributed by atoms with van der Waals surface area (Å²) in [5.74, 6) is 1.54. The molecule has 10 nitrogen and oxygen atoms in total. The van der Waals surface area contributed by atoms with Crippen molar-refractivity contribution < 1.29 is 18.9 Å². The molecule has 11 heteroatoms. The predicted molar refractivity (Wildman–Crippen MR) is 166 cm³/mol. The Kier molecular flexibility index (Phi) is 7.79. The van der Waals surface area contributed by atoms with Crippen LogP contribution in [0, 0.1) is 10.1 Å². The third-order valence-corrected chi connectivity index (χ3v) is 7.24. The second-order valence-electron chi connectivity index (χ2n) is 9.70. The van der Waals surface area contributed by atoms with E-state index in [2.05, 4.69) is 15.6 Å². The number of hydrogen-bond acceptors (Lipinski definition) is 7. The van der Waals surface area contributed by atoms with Crippen LogP contribution in [-0.2, 0) is 4.79 Å². The molecule has 0 aliphatic carbocycles. The molecule has 2 N–H and O–H groups in total. The Morgan fingerprint density at radius 2 is 1.72 bits per heavy atom. The molecule has 0 bridgehead atoms. The van der Waals surface area contributed by atoms with Crippen LogP contribution in [-0.4, -0.2) is 27.5 Å². The van der Waals surface area contributed by atoms with Crippen LogP contribution in [0.3, 0.4) is 0 Å².